The standard InChI is InChI=1S/C8H11N3S/c1-5-6(2)11-7(3-9)4-12-8(11)10-5/h4H,3,9H2,1-2H3. The molecular formula is C8H11N3S. The number of thiazole rings is 1. The van der Waals surface area contributed by atoms with Crippen LogP contribution in [0.15, 0.2) is 5.38 Å². The third-order valence-electron chi connectivity index (χ3n) is 2.11. The van der Waals surface area contributed by atoms with Crippen LogP contribution in [0.3, 0.4) is 0 Å². The molecule has 0 amide bonds. The van der Waals surface area contributed by atoms with Crippen LogP contribution < -0.4 is 5.73 Å². The number of rotatable bonds is 1. The minimum atomic E-state index is 0.580. The van der Waals surface area contributed by atoms with Crippen LogP contribution in [-0.4, -0.2) is 9.38 Å². The summed E-state index contributed by atoms with van der Waals surface area (Å²) in [6.07, 6.45) is 0. The van der Waals surface area contributed by atoms with Crippen molar-refractivity contribution >= 4 is 16.3 Å². The number of hydrogen-bond donors (Lipinski definition) is 1. The van der Waals surface area contributed by atoms with Crippen molar-refractivity contribution in [3.63, 3.8) is 0 Å². The number of fused-ring (bicyclic) bond motifs is 1. The highest BCUT2D eigenvalue weighted by Crippen LogP contribution is 2.19. The van der Waals surface area contributed by atoms with Crippen LogP contribution in [0.5, 0.6) is 0 Å². The van der Waals surface area contributed by atoms with Crippen molar-refractivity contribution in [2.75, 3.05) is 0 Å². The highest BCUT2D eigenvalue weighted by atomic mass is 32.1. The number of nitrogens with two attached hydrogens (primary N) is 1. The first-order valence-electron chi connectivity index (χ1n) is 3.86. The maximum absolute atomic E-state index is 5.60. The average Bonchev–Trinajstić information content (AvgIpc) is 2.55. The summed E-state index contributed by atoms with van der Waals surface area (Å²) < 4.78 is 2.12. The van der Waals surface area contributed by atoms with Crippen molar-refractivity contribution < 1.29 is 0 Å². The fourth-order valence-electron chi connectivity index (χ4n) is 1.31. The zero-order valence-electron chi connectivity index (χ0n) is 7.16. The SMILES string of the molecule is Cc1nc2scc(CN)n2c1C. The molecule has 0 aliphatic heterocycles. The Balaban J connectivity index is 2.82. The summed E-state index contributed by atoms with van der Waals surface area (Å²) in [6, 6.07) is 0. The van der Waals surface area contributed by atoms with Gasteiger partial charge in [-0.2, -0.15) is 0 Å². The molecule has 0 aliphatic rings. The molecule has 3 nitrogen and oxygen atoms in total. The normalized spacial score (nSPS) is 11.2. The predicted molar refractivity (Wildman–Crippen MR) is 50.4 cm³/mol. The quantitative estimate of drug-likeness (QED) is 0.724. The lowest BCUT2D eigenvalue weighted by Gasteiger charge is -1.95. The molecular weight excluding hydrogens is 170 g/mol. The fraction of sp³-hybridized carbons (Fsp3) is 0.375. The molecule has 0 saturated heterocycles. The molecule has 0 fully saturated rings. The number of nitrogens with zero attached hydrogens (tertiary/aromatic N) is 2. The lowest BCUT2D eigenvalue weighted by atomic mass is 10.4. The molecule has 0 aromatic carbocycles. The second-order valence-electron chi connectivity index (χ2n) is 2.83. The molecule has 0 unspecified atom stereocenters. The van der Waals surface area contributed by atoms with Crippen molar-refractivity contribution in [3.05, 3.63) is 22.5 Å². The lowest BCUT2D eigenvalue weighted by Crippen LogP contribution is -2.01. The molecule has 4 heteroatoms. The molecule has 0 saturated carbocycles. The Kier molecular flexibility index (Phi) is 1.66. The van der Waals surface area contributed by atoms with Crippen molar-refractivity contribution in [2.45, 2.75) is 20.4 Å². The van der Waals surface area contributed by atoms with Gasteiger partial charge in [0.25, 0.3) is 0 Å². The summed E-state index contributed by atoms with van der Waals surface area (Å²) in [7, 11) is 0. The predicted octanol–water partition coefficient (Wildman–Crippen LogP) is 1.47. The zero-order chi connectivity index (χ0) is 8.72. The second kappa shape index (κ2) is 2.57. The molecule has 64 valence electrons. The van der Waals surface area contributed by atoms with Gasteiger partial charge < -0.3 is 5.73 Å². The number of hydrogen-bond acceptors (Lipinski definition) is 3. The van der Waals surface area contributed by atoms with Crippen molar-refractivity contribution in [1.82, 2.24) is 9.38 Å². The van der Waals surface area contributed by atoms with Crippen molar-refractivity contribution in [1.29, 1.82) is 0 Å². The molecule has 2 heterocycles. The number of aryl methyl sites for hydroxylation is 2. The first kappa shape index (κ1) is 7.76. The van der Waals surface area contributed by atoms with Gasteiger partial charge in [0.15, 0.2) is 4.96 Å². The van der Waals surface area contributed by atoms with Gasteiger partial charge in [-0.05, 0) is 13.8 Å². The Bertz CT molecular complexity index is 413. The minimum Gasteiger partial charge on any atom is -0.325 e. The van der Waals surface area contributed by atoms with Crippen LogP contribution in [-0.2, 0) is 6.54 Å². The molecule has 2 N–H and O–H groups in total. The van der Waals surface area contributed by atoms with E-state index in [9.17, 15) is 0 Å². The van der Waals surface area contributed by atoms with Gasteiger partial charge in [-0.3, -0.25) is 4.40 Å². The monoisotopic (exact) mass is 181 g/mol. The maximum Gasteiger partial charge on any atom is 0.194 e. The zero-order valence-corrected chi connectivity index (χ0v) is 7.98. The van der Waals surface area contributed by atoms with Crippen LogP contribution in [0, 0.1) is 13.8 Å². The third-order valence-corrected chi connectivity index (χ3v) is 2.98. The van der Waals surface area contributed by atoms with Crippen molar-refractivity contribution in [2.24, 2.45) is 5.73 Å². The van der Waals surface area contributed by atoms with Crippen LogP contribution in [0.1, 0.15) is 17.1 Å². The smallest absolute Gasteiger partial charge is 0.194 e. The largest absolute Gasteiger partial charge is 0.325 e. The van der Waals surface area contributed by atoms with Crippen LogP contribution in [0.2, 0.25) is 0 Å². The van der Waals surface area contributed by atoms with E-state index in [0.29, 0.717) is 6.54 Å². The van der Waals surface area contributed by atoms with E-state index in [2.05, 4.69) is 21.7 Å². The van der Waals surface area contributed by atoms with E-state index in [1.54, 1.807) is 11.3 Å². The summed E-state index contributed by atoms with van der Waals surface area (Å²) in [5.74, 6) is 0. The van der Waals surface area contributed by atoms with Crippen LogP contribution >= 0.6 is 11.3 Å². The Morgan fingerprint density at radius 2 is 2.33 bits per heavy atom. The summed E-state index contributed by atoms with van der Waals surface area (Å²) in [4.78, 5) is 5.45. The second-order valence-corrected chi connectivity index (χ2v) is 3.67. The van der Waals surface area contributed by atoms with E-state index in [0.717, 1.165) is 16.3 Å². The van der Waals surface area contributed by atoms with E-state index in [1.807, 2.05) is 6.92 Å². The molecule has 0 spiro atoms. The highest BCUT2D eigenvalue weighted by molar-refractivity contribution is 7.15. The Labute approximate surface area is 74.8 Å². The topological polar surface area (TPSA) is 43.3 Å². The molecule has 0 bridgehead atoms. The molecule has 2 rings (SSSR count). The molecule has 0 atom stereocenters. The Hall–Kier alpha value is -0.870. The van der Waals surface area contributed by atoms with Gasteiger partial charge in [0.05, 0.1) is 5.69 Å². The molecule has 2 aromatic heterocycles. The molecule has 12 heavy (non-hydrogen) atoms. The summed E-state index contributed by atoms with van der Waals surface area (Å²) in [5.41, 5.74) is 9.04. The third kappa shape index (κ3) is 0.884. The van der Waals surface area contributed by atoms with Gasteiger partial charge >= 0.3 is 0 Å². The van der Waals surface area contributed by atoms with Gasteiger partial charge in [0, 0.05) is 23.3 Å². The van der Waals surface area contributed by atoms with Crippen LogP contribution in [0.25, 0.3) is 4.96 Å². The average molecular weight is 181 g/mol. The first-order chi connectivity index (χ1) is 5.74. The molecule has 0 radical (unpaired) electrons. The lowest BCUT2D eigenvalue weighted by molar-refractivity contribution is 0.939. The summed E-state index contributed by atoms with van der Waals surface area (Å²) >= 11 is 1.65. The van der Waals surface area contributed by atoms with E-state index in [4.69, 9.17) is 5.73 Å². The molecule has 2 aromatic rings. The van der Waals surface area contributed by atoms with Gasteiger partial charge in [-0.15, -0.1) is 11.3 Å². The molecule has 0 aliphatic carbocycles. The van der Waals surface area contributed by atoms with Gasteiger partial charge in [-0.25, -0.2) is 4.98 Å². The van der Waals surface area contributed by atoms with E-state index in [1.165, 1.54) is 5.69 Å². The fourth-order valence-corrected chi connectivity index (χ4v) is 2.30. The minimum absolute atomic E-state index is 0.580. The Morgan fingerprint density at radius 1 is 1.58 bits per heavy atom. The van der Waals surface area contributed by atoms with E-state index >= 15 is 0 Å². The highest BCUT2D eigenvalue weighted by Gasteiger charge is 2.08. The van der Waals surface area contributed by atoms with Crippen molar-refractivity contribution in [3.8, 4) is 0 Å². The number of aromatic nitrogens is 2. The summed E-state index contributed by atoms with van der Waals surface area (Å²) in [5, 5.41) is 2.06. The van der Waals surface area contributed by atoms with Gasteiger partial charge in [0.2, 0.25) is 0 Å². The Morgan fingerprint density at radius 3 is 3.00 bits per heavy atom. The van der Waals surface area contributed by atoms with Gasteiger partial charge in [-0.1, -0.05) is 0 Å². The number of imidazole rings is 1. The summed E-state index contributed by atoms with van der Waals surface area (Å²) in [6.45, 7) is 4.67. The first-order valence-corrected chi connectivity index (χ1v) is 4.74. The van der Waals surface area contributed by atoms with E-state index in [-0.39, 0.29) is 0 Å². The van der Waals surface area contributed by atoms with Crippen LogP contribution in [0.4, 0.5) is 0 Å². The maximum atomic E-state index is 5.60. The van der Waals surface area contributed by atoms with Gasteiger partial charge in [0.1, 0.15) is 0 Å². The van der Waals surface area contributed by atoms with E-state index < -0.39 is 0 Å².